The summed E-state index contributed by atoms with van der Waals surface area (Å²) in [6.45, 7) is 2.46. The number of hydrogen-bond acceptors (Lipinski definition) is 6. The van der Waals surface area contributed by atoms with E-state index in [-0.39, 0.29) is 30.1 Å². The number of nitrogens with zero attached hydrogens (tertiary/aromatic N) is 3. The second kappa shape index (κ2) is 11.0. The summed E-state index contributed by atoms with van der Waals surface area (Å²) in [6, 6.07) is 22.9. The number of amides is 2. The smallest absolute Gasteiger partial charge is 0.262 e. The summed E-state index contributed by atoms with van der Waals surface area (Å²) < 4.78 is 19.0. The first kappa shape index (κ1) is 24.7. The van der Waals surface area contributed by atoms with Crippen LogP contribution in [0.2, 0.25) is 0 Å². The fourth-order valence-corrected chi connectivity index (χ4v) is 5.28. The molecule has 2 amide bonds. The molecule has 2 atom stereocenters. The third kappa shape index (κ3) is 5.72. The van der Waals surface area contributed by atoms with Crippen LogP contribution in [0.5, 0.6) is 5.75 Å². The van der Waals surface area contributed by atoms with Crippen molar-refractivity contribution in [3.05, 3.63) is 95.8 Å². The van der Waals surface area contributed by atoms with Crippen LogP contribution in [-0.2, 0) is 9.59 Å². The minimum absolute atomic E-state index is 0.0198. The Hall–Kier alpha value is -3.98. The van der Waals surface area contributed by atoms with Gasteiger partial charge in [-0.05, 0) is 54.4 Å². The summed E-state index contributed by atoms with van der Waals surface area (Å²) in [5, 5.41) is 9.13. The van der Waals surface area contributed by atoms with Gasteiger partial charge in [0.15, 0.2) is 5.17 Å². The van der Waals surface area contributed by atoms with Crippen LogP contribution in [0.25, 0.3) is 0 Å². The number of rotatable bonds is 7. The van der Waals surface area contributed by atoms with Crippen LogP contribution in [0.4, 0.5) is 10.1 Å². The SMILES string of the molecule is CCOc1ccc(NC(=O)C[C@H]2SC(N3N=C(c4ccccc4)C[C@H]3c3ccc(F)cc3)=NC2=O)cc1. The zero-order valence-electron chi connectivity index (χ0n) is 20.1. The number of benzene rings is 3. The summed E-state index contributed by atoms with van der Waals surface area (Å²) in [7, 11) is 0. The molecule has 1 N–H and O–H groups in total. The minimum atomic E-state index is -0.650. The van der Waals surface area contributed by atoms with Crippen molar-refractivity contribution in [3.63, 3.8) is 0 Å². The lowest BCUT2D eigenvalue weighted by Crippen LogP contribution is -2.25. The van der Waals surface area contributed by atoms with Crippen molar-refractivity contribution in [1.82, 2.24) is 5.01 Å². The quantitative estimate of drug-likeness (QED) is 0.455. The maximum atomic E-state index is 13.6. The minimum Gasteiger partial charge on any atom is -0.494 e. The molecule has 7 nitrogen and oxygen atoms in total. The van der Waals surface area contributed by atoms with Gasteiger partial charge in [0.05, 0.1) is 18.4 Å². The molecule has 0 radical (unpaired) electrons. The van der Waals surface area contributed by atoms with Gasteiger partial charge < -0.3 is 10.1 Å². The number of aliphatic imine (C=N–C) groups is 1. The zero-order valence-corrected chi connectivity index (χ0v) is 21.0. The van der Waals surface area contributed by atoms with E-state index in [2.05, 4.69) is 10.3 Å². The second-order valence-electron chi connectivity index (χ2n) is 8.58. The van der Waals surface area contributed by atoms with Crippen LogP contribution >= 0.6 is 11.8 Å². The number of hydrogen-bond donors (Lipinski definition) is 1. The average Bonchev–Trinajstić information content (AvgIpc) is 3.50. The van der Waals surface area contributed by atoms with Gasteiger partial charge in [-0.25, -0.2) is 9.40 Å². The number of thioether (sulfide) groups is 1. The number of anilines is 1. The fourth-order valence-electron chi connectivity index (χ4n) is 4.22. The van der Waals surface area contributed by atoms with Gasteiger partial charge in [-0.15, -0.1) is 0 Å². The monoisotopic (exact) mass is 516 g/mol. The third-order valence-corrected chi connectivity index (χ3v) is 7.16. The van der Waals surface area contributed by atoms with Crippen molar-refractivity contribution in [2.24, 2.45) is 10.1 Å². The van der Waals surface area contributed by atoms with E-state index < -0.39 is 5.25 Å². The number of carbonyl (C=O) groups excluding carboxylic acids is 2. The molecule has 37 heavy (non-hydrogen) atoms. The van der Waals surface area contributed by atoms with Crippen molar-refractivity contribution < 1.29 is 18.7 Å². The molecule has 0 saturated carbocycles. The molecule has 0 spiro atoms. The van der Waals surface area contributed by atoms with Crippen molar-refractivity contribution in [2.75, 3.05) is 11.9 Å². The van der Waals surface area contributed by atoms with E-state index in [1.54, 1.807) is 41.4 Å². The number of hydrazone groups is 1. The molecule has 0 unspecified atom stereocenters. The summed E-state index contributed by atoms with van der Waals surface area (Å²) in [4.78, 5) is 29.7. The molecule has 5 rings (SSSR count). The Kier molecular flexibility index (Phi) is 7.32. The molecule has 2 aliphatic rings. The topological polar surface area (TPSA) is 83.4 Å². The van der Waals surface area contributed by atoms with Crippen LogP contribution in [0, 0.1) is 5.82 Å². The lowest BCUT2D eigenvalue weighted by atomic mass is 9.99. The van der Waals surface area contributed by atoms with Gasteiger partial charge in [-0.1, -0.05) is 54.2 Å². The second-order valence-corrected chi connectivity index (χ2v) is 9.75. The molecule has 3 aromatic rings. The van der Waals surface area contributed by atoms with Crippen molar-refractivity contribution in [2.45, 2.75) is 31.1 Å². The Labute approximate surface area is 218 Å². The van der Waals surface area contributed by atoms with Gasteiger partial charge in [0, 0.05) is 18.5 Å². The van der Waals surface area contributed by atoms with E-state index in [1.807, 2.05) is 37.3 Å². The van der Waals surface area contributed by atoms with Crippen molar-refractivity contribution in [3.8, 4) is 5.75 Å². The van der Waals surface area contributed by atoms with Gasteiger partial charge in [0.25, 0.3) is 5.91 Å². The van der Waals surface area contributed by atoms with E-state index in [0.717, 1.165) is 22.6 Å². The number of amidine groups is 1. The van der Waals surface area contributed by atoms with Gasteiger partial charge in [0.1, 0.15) is 16.8 Å². The highest BCUT2D eigenvalue weighted by molar-refractivity contribution is 8.15. The average molecular weight is 517 g/mol. The molecular weight excluding hydrogens is 491 g/mol. The highest BCUT2D eigenvalue weighted by atomic mass is 32.2. The van der Waals surface area contributed by atoms with E-state index in [0.29, 0.717) is 23.9 Å². The maximum absolute atomic E-state index is 13.6. The third-order valence-electron chi connectivity index (χ3n) is 6.02. The number of carbonyl (C=O) groups is 2. The van der Waals surface area contributed by atoms with E-state index in [4.69, 9.17) is 9.84 Å². The summed E-state index contributed by atoms with van der Waals surface area (Å²) in [5.41, 5.74) is 3.31. The van der Waals surface area contributed by atoms with Gasteiger partial charge in [-0.2, -0.15) is 10.1 Å². The first-order chi connectivity index (χ1) is 18.0. The van der Waals surface area contributed by atoms with Crippen LogP contribution in [0.1, 0.15) is 36.9 Å². The molecule has 0 aliphatic carbocycles. The predicted octanol–water partition coefficient (Wildman–Crippen LogP) is 5.40. The molecule has 2 heterocycles. The zero-order chi connectivity index (χ0) is 25.8. The molecular formula is C28H25FN4O3S. The van der Waals surface area contributed by atoms with Crippen molar-refractivity contribution in [1.29, 1.82) is 0 Å². The molecule has 188 valence electrons. The molecule has 0 saturated heterocycles. The lowest BCUT2D eigenvalue weighted by Gasteiger charge is -2.23. The Morgan fingerprint density at radius 1 is 1.08 bits per heavy atom. The Morgan fingerprint density at radius 2 is 1.81 bits per heavy atom. The van der Waals surface area contributed by atoms with Crippen LogP contribution < -0.4 is 10.1 Å². The van der Waals surface area contributed by atoms with E-state index in [1.165, 1.54) is 23.9 Å². The van der Waals surface area contributed by atoms with Gasteiger partial charge in [-0.3, -0.25) is 9.59 Å². The molecule has 9 heteroatoms. The van der Waals surface area contributed by atoms with Gasteiger partial charge >= 0.3 is 0 Å². The Morgan fingerprint density at radius 3 is 2.51 bits per heavy atom. The van der Waals surface area contributed by atoms with Crippen LogP contribution in [0.3, 0.4) is 0 Å². The largest absolute Gasteiger partial charge is 0.494 e. The molecule has 0 bridgehead atoms. The summed E-state index contributed by atoms with van der Waals surface area (Å²) in [5.74, 6) is -0.254. The highest BCUT2D eigenvalue weighted by Gasteiger charge is 2.39. The first-order valence-corrected chi connectivity index (χ1v) is 12.9. The maximum Gasteiger partial charge on any atom is 0.262 e. The number of ether oxygens (including phenoxy) is 1. The molecule has 2 aliphatic heterocycles. The Bertz CT molecular complexity index is 1340. The molecule has 0 aromatic heterocycles. The van der Waals surface area contributed by atoms with Crippen LogP contribution in [0.15, 0.2) is 89.0 Å². The molecule has 3 aromatic carbocycles. The summed E-state index contributed by atoms with van der Waals surface area (Å²) in [6.07, 6.45) is 0.556. The van der Waals surface area contributed by atoms with Gasteiger partial charge in [0.2, 0.25) is 5.91 Å². The van der Waals surface area contributed by atoms with E-state index in [9.17, 15) is 14.0 Å². The Balaban J connectivity index is 1.30. The summed E-state index contributed by atoms with van der Waals surface area (Å²) >= 11 is 1.23. The normalized spacial score (nSPS) is 19.0. The molecule has 0 fully saturated rings. The van der Waals surface area contributed by atoms with Crippen LogP contribution in [-0.4, -0.2) is 39.6 Å². The number of nitrogens with one attached hydrogen (secondary N) is 1. The number of halogens is 1. The predicted molar refractivity (Wildman–Crippen MR) is 143 cm³/mol. The fraction of sp³-hybridized carbons (Fsp3) is 0.214. The van der Waals surface area contributed by atoms with Crippen molar-refractivity contribution >= 4 is 40.1 Å². The first-order valence-electron chi connectivity index (χ1n) is 12.0. The van der Waals surface area contributed by atoms with E-state index >= 15 is 0 Å². The highest BCUT2D eigenvalue weighted by Crippen LogP contribution is 2.38. The lowest BCUT2D eigenvalue weighted by molar-refractivity contribution is -0.121. The standard InChI is InChI=1S/C28H25FN4O3S/c1-2-36-22-14-12-21(13-15-22)30-26(34)17-25-27(35)31-28(37-25)33-24(19-8-10-20(29)11-9-19)16-23(32-33)18-6-4-3-5-7-18/h3-15,24-25H,2,16-17H2,1H3,(H,30,34)/t24-,25+/m0/s1.